The van der Waals surface area contributed by atoms with Crippen LogP contribution in [-0.4, -0.2) is 120 Å². The van der Waals surface area contributed by atoms with Gasteiger partial charge in [-0.2, -0.15) is 12.6 Å². The first kappa shape index (κ1) is 51.9. The number of thiol groups is 1. The van der Waals surface area contributed by atoms with E-state index in [0.29, 0.717) is 18.5 Å². The summed E-state index contributed by atoms with van der Waals surface area (Å²) >= 11 is 4.25. The van der Waals surface area contributed by atoms with Gasteiger partial charge in [-0.05, 0) is 95.6 Å². The van der Waals surface area contributed by atoms with Crippen LogP contribution < -0.4 is 31.3 Å². The fraction of sp³-hybridized carbons (Fsp3) is 0.641. The molecule has 0 heterocycles. The lowest BCUT2D eigenvalue weighted by Gasteiger charge is -2.30. The molecule has 0 aromatic heterocycles. The number of benzene rings is 1. The van der Waals surface area contributed by atoms with Gasteiger partial charge in [0.2, 0.25) is 23.4 Å². The number of nitrogens with one attached hydrogen (secondary N) is 6. The molecule has 7 N–H and O–H groups in total. The number of Topliss-reactive ketones (excluding diaryl/α,β-unsaturated/α-hetero) is 6. The van der Waals surface area contributed by atoms with Gasteiger partial charge in [-0.15, -0.1) is 0 Å². The van der Waals surface area contributed by atoms with E-state index in [-0.39, 0.29) is 84.1 Å². The van der Waals surface area contributed by atoms with Gasteiger partial charge in [0, 0.05) is 36.5 Å². The standard InChI is InChI=1S/C39H62N6O9S3/c1-23(2)35(44-39(5,6)7)38(54)42-20-34(51)43-31(18-26-9-12-28(48)13-10-26)36(52)37(53)32(21-55)45-57-56-22-33(50)27(17-24(3)46)11-14-29(49)19-41-30(25(4)47)15-16-40-8/h9-10,12-13,23,27,30-32,35,40-41,44-45,48,55H,11,14-22H2,1-8H3,(H,42,54)(H,43,51)/t27-,30+,31+,32+,35+/m1/s1. The van der Waals surface area contributed by atoms with Crippen molar-refractivity contribution in [2.45, 2.75) is 110 Å². The Morgan fingerprint density at radius 1 is 0.877 bits per heavy atom. The first-order valence-corrected chi connectivity index (χ1v) is 21.9. The lowest BCUT2D eigenvalue weighted by molar-refractivity contribution is -0.139. The van der Waals surface area contributed by atoms with Crippen molar-refractivity contribution in [3.05, 3.63) is 29.8 Å². The average molecular weight is 855 g/mol. The van der Waals surface area contributed by atoms with Crippen LogP contribution in [0.1, 0.15) is 79.7 Å². The molecule has 57 heavy (non-hydrogen) atoms. The Morgan fingerprint density at radius 2 is 1.51 bits per heavy atom. The number of amides is 2. The van der Waals surface area contributed by atoms with Crippen LogP contribution in [0.3, 0.4) is 0 Å². The van der Waals surface area contributed by atoms with E-state index in [1.165, 1.54) is 26.0 Å². The zero-order valence-electron chi connectivity index (χ0n) is 34.3. The summed E-state index contributed by atoms with van der Waals surface area (Å²) in [6.45, 7) is 12.4. The second-order valence-electron chi connectivity index (χ2n) is 15.3. The van der Waals surface area contributed by atoms with Crippen LogP contribution in [0.15, 0.2) is 24.3 Å². The van der Waals surface area contributed by atoms with E-state index >= 15 is 0 Å². The first-order chi connectivity index (χ1) is 26.7. The van der Waals surface area contributed by atoms with E-state index in [0.717, 1.165) is 21.8 Å². The van der Waals surface area contributed by atoms with Crippen molar-refractivity contribution in [3.8, 4) is 5.75 Å². The Balaban J connectivity index is 2.89. The molecule has 320 valence electrons. The topological polar surface area (TPSA) is 229 Å². The van der Waals surface area contributed by atoms with Crippen molar-refractivity contribution in [1.29, 1.82) is 0 Å². The van der Waals surface area contributed by atoms with E-state index in [4.69, 9.17) is 0 Å². The van der Waals surface area contributed by atoms with Gasteiger partial charge in [-0.3, -0.25) is 33.6 Å². The monoisotopic (exact) mass is 854 g/mol. The summed E-state index contributed by atoms with van der Waals surface area (Å²) in [7, 11) is 3.77. The Labute approximate surface area is 350 Å². The highest BCUT2D eigenvalue weighted by molar-refractivity contribution is 8.76. The molecule has 0 unspecified atom stereocenters. The minimum Gasteiger partial charge on any atom is -0.508 e. The molecule has 1 rings (SSSR count). The van der Waals surface area contributed by atoms with Gasteiger partial charge in [-0.25, -0.2) is 4.72 Å². The van der Waals surface area contributed by atoms with Crippen LogP contribution in [-0.2, 0) is 44.8 Å². The first-order valence-electron chi connectivity index (χ1n) is 19.0. The zero-order valence-corrected chi connectivity index (χ0v) is 36.8. The average Bonchev–Trinajstić information content (AvgIpc) is 3.13. The van der Waals surface area contributed by atoms with Gasteiger partial charge >= 0.3 is 0 Å². The van der Waals surface area contributed by atoms with Crippen LogP contribution >= 0.6 is 34.4 Å². The number of phenols is 1. The summed E-state index contributed by atoms with van der Waals surface area (Å²) in [5.74, 6) is -4.54. The van der Waals surface area contributed by atoms with Gasteiger partial charge in [0.15, 0.2) is 0 Å². The largest absolute Gasteiger partial charge is 0.508 e. The SMILES string of the molecule is CNCC[C@H](NCC(=O)CC[C@H](CC(C)=O)C(=O)CSSN[C@@H](CS)C(=O)C(=O)[C@H](Cc1ccc(O)cc1)NC(=O)CNC(=O)[C@@H](NC(C)(C)C)C(C)C)C(C)=O. The number of aromatic hydroxyl groups is 1. The Morgan fingerprint density at radius 3 is 2.05 bits per heavy atom. The number of carbonyl (C=O) groups is 8. The summed E-state index contributed by atoms with van der Waals surface area (Å²) in [6.07, 6.45) is 0.614. The number of rotatable bonds is 30. The predicted molar refractivity (Wildman–Crippen MR) is 228 cm³/mol. The summed E-state index contributed by atoms with van der Waals surface area (Å²) in [4.78, 5) is 103. The smallest absolute Gasteiger partial charge is 0.240 e. The van der Waals surface area contributed by atoms with Crippen molar-refractivity contribution in [1.82, 2.24) is 31.3 Å². The maximum Gasteiger partial charge on any atom is 0.240 e. The van der Waals surface area contributed by atoms with Crippen molar-refractivity contribution in [2.75, 3.05) is 38.2 Å². The number of hydrogen-bond acceptors (Lipinski definition) is 16. The third kappa shape index (κ3) is 21.4. The third-order valence-electron chi connectivity index (χ3n) is 8.66. The maximum atomic E-state index is 13.6. The van der Waals surface area contributed by atoms with Gasteiger partial charge in [-0.1, -0.05) is 36.8 Å². The molecule has 0 aliphatic heterocycles. The molecule has 0 saturated carbocycles. The Kier molecular flexibility index (Phi) is 24.4. The molecule has 1 aromatic rings. The third-order valence-corrected chi connectivity index (χ3v) is 10.9. The van der Waals surface area contributed by atoms with Gasteiger partial charge in [0.1, 0.15) is 28.9 Å². The summed E-state index contributed by atoms with van der Waals surface area (Å²) in [5.41, 5.74) is 0.187. The van der Waals surface area contributed by atoms with Gasteiger partial charge in [0.05, 0.1) is 43.0 Å². The quantitative estimate of drug-likeness (QED) is 0.0182. The molecule has 15 nitrogen and oxygen atoms in total. The molecule has 0 spiro atoms. The second-order valence-corrected chi connectivity index (χ2v) is 17.8. The van der Waals surface area contributed by atoms with E-state index in [9.17, 15) is 43.5 Å². The Bertz CT molecular complexity index is 1520. The number of phenolic OH excluding ortho intramolecular Hbond substituents is 1. The molecule has 5 atom stereocenters. The molecule has 0 fully saturated rings. The number of hydrogen-bond donors (Lipinski definition) is 8. The molecule has 0 aliphatic carbocycles. The fourth-order valence-electron chi connectivity index (χ4n) is 5.54. The lowest BCUT2D eigenvalue weighted by Crippen LogP contribution is -2.56. The van der Waals surface area contributed by atoms with Crippen molar-refractivity contribution >= 4 is 80.9 Å². The molecular weight excluding hydrogens is 793 g/mol. The molecule has 18 heteroatoms. The van der Waals surface area contributed by atoms with Crippen molar-refractivity contribution < 1.29 is 43.5 Å². The van der Waals surface area contributed by atoms with E-state index in [1.54, 1.807) is 19.2 Å². The van der Waals surface area contributed by atoms with Crippen LogP contribution in [0.5, 0.6) is 5.75 Å². The Hall–Kier alpha value is -3.13. The molecule has 2 amide bonds. The lowest BCUT2D eigenvalue weighted by atomic mass is 9.92. The number of carbonyl (C=O) groups excluding carboxylic acids is 8. The molecule has 0 radical (unpaired) electrons. The second kappa shape index (κ2) is 26.8. The van der Waals surface area contributed by atoms with E-state index in [2.05, 4.69) is 43.9 Å². The molecule has 0 saturated heterocycles. The minimum absolute atomic E-state index is 0.00565. The fourth-order valence-corrected chi connectivity index (χ4v) is 7.78. The maximum absolute atomic E-state index is 13.6. The van der Waals surface area contributed by atoms with Crippen LogP contribution in [0, 0.1) is 11.8 Å². The van der Waals surface area contributed by atoms with Crippen LogP contribution in [0.4, 0.5) is 0 Å². The van der Waals surface area contributed by atoms with Crippen molar-refractivity contribution in [3.63, 3.8) is 0 Å². The molecule has 0 bridgehead atoms. The zero-order chi connectivity index (χ0) is 43.3. The predicted octanol–water partition coefficient (Wildman–Crippen LogP) is 1.94. The van der Waals surface area contributed by atoms with E-state index in [1.807, 2.05) is 34.6 Å². The van der Waals surface area contributed by atoms with E-state index < -0.39 is 60.0 Å². The highest BCUT2D eigenvalue weighted by atomic mass is 33.1. The highest BCUT2D eigenvalue weighted by Gasteiger charge is 2.33. The molecular formula is C39H62N6O9S3. The molecule has 0 aliphatic rings. The normalized spacial score (nSPS) is 14.2. The molecule has 1 aromatic carbocycles. The van der Waals surface area contributed by atoms with Crippen LogP contribution in [0.25, 0.3) is 0 Å². The minimum atomic E-state index is -1.31. The summed E-state index contributed by atoms with van der Waals surface area (Å²) in [6, 6.07) is 2.47. The summed E-state index contributed by atoms with van der Waals surface area (Å²) in [5, 5.41) is 24.1. The summed E-state index contributed by atoms with van der Waals surface area (Å²) < 4.78 is 2.86. The number of ketones is 6. The van der Waals surface area contributed by atoms with Crippen LogP contribution in [0.2, 0.25) is 0 Å². The highest BCUT2D eigenvalue weighted by Crippen LogP contribution is 2.23. The van der Waals surface area contributed by atoms with Gasteiger partial charge < -0.3 is 36.5 Å². The van der Waals surface area contributed by atoms with Gasteiger partial charge in [0.25, 0.3) is 0 Å². The van der Waals surface area contributed by atoms with Crippen molar-refractivity contribution in [2.24, 2.45) is 11.8 Å².